The summed E-state index contributed by atoms with van der Waals surface area (Å²) in [4.78, 5) is 0. The first-order valence-electron chi connectivity index (χ1n) is 8.93. The first-order chi connectivity index (χ1) is 11.4. The molecule has 0 bridgehead atoms. The van der Waals surface area contributed by atoms with Gasteiger partial charge in [-0.05, 0) is 65.5 Å². The Balaban J connectivity index is 2.09. The zero-order valence-corrected chi connectivity index (χ0v) is 15.6. The second kappa shape index (κ2) is 6.43. The van der Waals surface area contributed by atoms with Gasteiger partial charge in [-0.15, -0.1) is 0 Å². The van der Waals surface area contributed by atoms with Crippen LogP contribution in [0.3, 0.4) is 0 Å². The van der Waals surface area contributed by atoms with E-state index >= 15 is 0 Å². The fourth-order valence-electron chi connectivity index (χ4n) is 3.40. The van der Waals surface area contributed by atoms with Crippen LogP contribution in [0.1, 0.15) is 63.3 Å². The summed E-state index contributed by atoms with van der Waals surface area (Å²) < 4.78 is 0. The molecule has 0 atom stereocenters. The highest BCUT2D eigenvalue weighted by atomic mass is 14.2. The molecule has 0 heterocycles. The summed E-state index contributed by atoms with van der Waals surface area (Å²) in [7, 11) is 0. The summed E-state index contributed by atoms with van der Waals surface area (Å²) in [5.74, 6) is 0. The van der Waals surface area contributed by atoms with Crippen molar-refractivity contribution >= 4 is 11.1 Å². The van der Waals surface area contributed by atoms with E-state index in [0.717, 1.165) is 12.8 Å². The summed E-state index contributed by atoms with van der Waals surface area (Å²) in [6, 6.07) is 17.8. The number of aryl methyl sites for hydroxylation is 1. The molecule has 0 aliphatic heterocycles. The highest BCUT2D eigenvalue weighted by Crippen LogP contribution is 2.36. The Morgan fingerprint density at radius 3 is 2.33 bits per heavy atom. The van der Waals surface area contributed by atoms with Crippen LogP contribution in [0.4, 0.5) is 0 Å². The second-order valence-electron chi connectivity index (χ2n) is 8.01. The topological polar surface area (TPSA) is 0 Å². The Labute approximate surface area is 146 Å². The molecule has 0 radical (unpaired) electrons. The largest absolute Gasteiger partial charge is 0.0651 e. The molecule has 0 fully saturated rings. The van der Waals surface area contributed by atoms with E-state index in [4.69, 9.17) is 0 Å². The molecule has 24 heavy (non-hydrogen) atoms. The molecule has 124 valence electrons. The fourth-order valence-corrected chi connectivity index (χ4v) is 3.40. The minimum absolute atomic E-state index is 0.184. The number of fused-ring (bicyclic) bond motifs is 1. The molecule has 1 aliphatic rings. The van der Waals surface area contributed by atoms with Gasteiger partial charge in [-0.1, -0.05) is 81.0 Å². The monoisotopic (exact) mass is 316 g/mol. The van der Waals surface area contributed by atoms with Crippen LogP contribution in [0.2, 0.25) is 0 Å². The molecule has 0 spiro atoms. The summed E-state index contributed by atoms with van der Waals surface area (Å²) in [6.07, 6.45) is 4.71. The highest BCUT2D eigenvalue weighted by Gasteiger charge is 2.20. The summed E-state index contributed by atoms with van der Waals surface area (Å²) >= 11 is 0. The van der Waals surface area contributed by atoms with Gasteiger partial charge in [0.1, 0.15) is 0 Å². The Kier molecular flexibility index (Phi) is 4.49. The van der Waals surface area contributed by atoms with Crippen LogP contribution in [0.5, 0.6) is 0 Å². The van der Waals surface area contributed by atoms with E-state index in [9.17, 15) is 0 Å². The van der Waals surface area contributed by atoms with Crippen LogP contribution in [0, 0.1) is 0 Å². The normalized spacial score (nSPS) is 15.5. The van der Waals surface area contributed by atoms with E-state index < -0.39 is 0 Å². The SMILES string of the molecule is CC1=C(/C=C(\C)c2ccccc2)c2cc(C(C)(C)C)ccc2CC1. The molecular formula is C24H28. The third-order valence-corrected chi connectivity index (χ3v) is 5.09. The van der Waals surface area contributed by atoms with Gasteiger partial charge in [-0.2, -0.15) is 0 Å². The summed E-state index contributed by atoms with van der Waals surface area (Å²) in [5, 5.41) is 0. The van der Waals surface area contributed by atoms with E-state index in [1.807, 2.05) is 0 Å². The number of allylic oxidation sites excluding steroid dienone is 4. The molecular weight excluding hydrogens is 288 g/mol. The smallest absolute Gasteiger partial charge is 0.0132 e. The van der Waals surface area contributed by atoms with Crippen molar-refractivity contribution < 1.29 is 0 Å². The van der Waals surface area contributed by atoms with Gasteiger partial charge in [0, 0.05) is 0 Å². The molecule has 0 saturated heterocycles. The first-order valence-corrected chi connectivity index (χ1v) is 8.93. The van der Waals surface area contributed by atoms with Crippen molar-refractivity contribution in [3.63, 3.8) is 0 Å². The number of benzene rings is 2. The number of rotatable bonds is 2. The Morgan fingerprint density at radius 1 is 0.958 bits per heavy atom. The Bertz CT molecular complexity index is 796. The van der Waals surface area contributed by atoms with Crippen LogP contribution in [0.25, 0.3) is 11.1 Å². The van der Waals surface area contributed by atoms with Crippen LogP contribution in [0.15, 0.2) is 60.2 Å². The maximum atomic E-state index is 2.42. The van der Waals surface area contributed by atoms with Crippen LogP contribution in [-0.2, 0) is 11.8 Å². The third kappa shape index (κ3) is 3.38. The van der Waals surface area contributed by atoms with E-state index in [-0.39, 0.29) is 5.41 Å². The average Bonchev–Trinajstić information content (AvgIpc) is 2.57. The van der Waals surface area contributed by atoms with Crippen molar-refractivity contribution in [2.75, 3.05) is 0 Å². The Morgan fingerprint density at radius 2 is 1.67 bits per heavy atom. The maximum Gasteiger partial charge on any atom is -0.0132 e. The molecule has 0 N–H and O–H groups in total. The molecule has 0 aromatic heterocycles. The lowest BCUT2D eigenvalue weighted by atomic mass is 9.79. The molecule has 0 heteroatoms. The minimum Gasteiger partial charge on any atom is -0.0651 e. The first kappa shape index (κ1) is 16.8. The van der Waals surface area contributed by atoms with E-state index in [2.05, 4.69) is 89.2 Å². The standard InChI is InChI=1S/C24H28/c1-17-11-12-20-13-14-21(24(3,4)5)16-23(20)22(17)15-18(2)19-9-7-6-8-10-19/h6-10,13-16H,11-12H2,1-5H3/b18-15+. The lowest BCUT2D eigenvalue weighted by Crippen LogP contribution is -2.13. The lowest BCUT2D eigenvalue weighted by Gasteiger charge is -2.25. The third-order valence-electron chi connectivity index (χ3n) is 5.09. The van der Waals surface area contributed by atoms with Gasteiger partial charge >= 0.3 is 0 Å². The van der Waals surface area contributed by atoms with Crippen molar-refractivity contribution in [3.05, 3.63) is 82.4 Å². The quantitative estimate of drug-likeness (QED) is 0.571. The molecule has 0 unspecified atom stereocenters. The zero-order chi connectivity index (χ0) is 17.3. The predicted octanol–water partition coefficient (Wildman–Crippen LogP) is 6.81. The fraction of sp³-hybridized carbons (Fsp3) is 0.333. The van der Waals surface area contributed by atoms with Crippen molar-refractivity contribution in [3.8, 4) is 0 Å². The lowest BCUT2D eigenvalue weighted by molar-refractivity contribution is 0.589. The molecule has 2 aromatic rings. The number of hydrogen-bond acceptors (Lipinski definition) is 0. The van der Waals surface area contributed by atoms with E-state index in [1.165, 1.54) is 39.0 Å². The van der Waals surface area contributed by atoms with Gasteiger partial charge in [-0.3, -0.25) is 0 Å². The minimum atomic E-state index is 0.184. The van der Waals surface area contributed by atoms with E-state index in [0.29, 0.717) is 0 Å². The van der Waals surface area contributed by atoms with Crippen molar-refractivity contribution in [2.24, 2.45) is 0 Å². The second-order valence-corrected chi connectivity index (χ2v) is 8.01. The molecule has 1 aliphatic carbocycles. The van der Waals surface area contributed by atoms with Crippen LogP contribution in [-0.4, -0.2) is 0 Å². The van der Waals surface area contributed by atoms with Crippen LogP contribution >= 0.6 is 0 Å². The average molecular weight is 316 g/mol. The van der Waals surface area contributed by atoms with Gasteiger partial charge in [0.2, 0.25) is 0 Å². The van der Waals surface area contributed by atoms with Gasteiger partial charge < -0.3 is 0 Å². The molecule has 2 aromatic carbocycles. The van der Waals surface area contributed by atoms with Crippen LogP contribution < -0.4 is 0 Å². The molecule has 0 nitrogen and oxygen atoms in total. The zero-order valence-electron chi connectivity index (χ0n) is 15.6. The molecule has 3 rings (SSSR count). The van der Waals surface area contributed by atoms with Crippen molar-refractivity contribution in [1.82, 2.24) is 0 Å². The van der Waals surface area contributed by atoms with Crippen molar-refractivity contribution in [1.29, 1.82) is 0 Å². The number of hydrogen-bond donors (Lipinski definition) is 0. The predicted molar refractivity (Wildman–Crippen MR) is 106 cm³/mol. The summed E-state index contributed by atoms with van der Waals surface area (Å²) in [5.41, 5.74) is 10.1. The molecule has 0 saturated carbocycles. The van der Waals surface area contributed by atoms with Crippen molar-refractivity contribution in [2.45, 2.75) is 52.9 Å². The Hall–Kier alpha value is -2.08. The van der Waals surface area contributed by atoms with Gasteiger partial charge in [0.15, 0.2) is 0 Å². The van der Waals surface area contributed by atoms with Gasteiger partial charge in [0.05, 0.1) is 0 Å². The molecule has 0 amide bonds. The van der Waals surface area contributed by atoms with E-state index in [1.54, 1.807) is 0 Å². The maximum absolute atomic E-state index is 2.42. The van der Waals surface area contributed by atoms with Gasteiger partial charge in [0.25, 0.3) is 0 Å². The van der Waals surface area contributed by atoms with Gasteiger partial charge in [-0.25, -0.2) is 0 Å². The summed E-state index contributed by atoms with van der Waals surface area (Å²) in [6.45, 7) is 11.4. The highest BCUT2D eigenvalue weighted by molar-refractivity contribution is 5.87.